The van der Waals surface area contributed by atoms with E-state index in [1.54, 1.807) is 56.3 Å². The topological polar surface area (TPSA) is 38.3 Å². The van der Waals surface area contributed by atoms with E-state index in [4.69, 9.17) is 16.3 Å². The number of amides is 1. The van der Waals surface area contributed by atoms with Crippen LogP contribution in [0.2, 0.25) is 5.02 Å². The third-order valence-corrected chi connectivity index (χ3v) is 3.55. The summed E-state index contributed by atoms with van der Waals surface area (Å²) in [5, 5.41) is 3.16. The first-order valence-electron chi connectivity index (χ1n) is 6.95. The van der Waals surface area contributed by atoms with Gasteiger partial charge in [-0.15, -0.1) is 0 Å². The van der Waals surface area contributed by atoms with Crippen molar-refractivity contribution in [1.29, 1.82) is 0 Å². The van der Waals surface area contributed by atoms with Crippen molar-refractivity contribution in [2.75, 3.05) is 0 Å². The van der Waals surface area contributed by atoms with Gasteiger partial charge in [0.2, 0.25) is 0 Å². The molecule has 0 fully saturated rings. The first kappa shape index (κ1) is 16.3. The fraction of sp³-hybridized carbons (Fsp3) is 0.235. The molecule has 3 nitrogen and oxygen atoms in total. The number of halogens is 2. The van der Waals surface area contributed by atoms with Crippen molar-refractivity contribution in [1.82, 2.24) is 5.32 Å². The van der Waals surface area contributed by atoms with E-state index in [0.717, 1.165) is 0 Å². The highest BCUT2D eigenvalue weighted by Gasteiger charge is 2.19. The van der Waals surface area contributed by atoms with Gasteiger partial charge in [0.05, 0.1) is 11.1 Å². The summed E-state index contributed by atoms with van der Waals surface area (Å²) < 4.78 is 19.2. The minimum absolute atomic E-state index is 0.337. The number of benzene rings is 2. The molecule has 2 aromatic carbocycles. The van der Waals surface area contributed by atoms with E-state index >= 15 is 0 Å². The van der Waals surface area contributed by atoms with Crippen LogP contribution in [0.4, 0.5) is 4.39 Å². The van der Waals surface area contributed by atoms with Crippen LogP contribution in [0, 0.1) is 5.82 Å². The standard InChI is InChI=1S/C17H17ClFNO2/c1-11(13-7-3-5-9-15(13)19)20-17(21)12(2)22-16-10-6-4-8-14(16)18/h3-12H,1-2H3,(H,20,21)/t11-,12+/m0/s1. The summed E-state index contributed by atoms with van der Waals surface area (Å²) in [7, 11) is 0. The van der Waals surface area contributed by atoms with Gasteiger partial charge < -0.3 is 10.1 Å². The summed E-state index contributed by atoms with van der Waals surface area (Å²) in [6.07, 6.45) is -0.742. The monoisotopic (exact) mass is 321 g/mol. The van der Waals surface area contributed by atoms with Gasteiger partial charge in [-0.2, -0.15) is 0 Å². The Hall–Kier alpha value is -2.07. The third-order valence-electron chi connectivity index (χ3n) is 3.24. The molecule has 0 aliphatic heterocycles. The smallest absolute Gasteiger partial charge is 0.261 e. The molecule has 22 heavy (non-hydrogen) atoms. The molecule has 0 aromatic heterocycles. The lowest BCUT2D eigenvalue weighted by molar-refractivity contribution is -0.127. The lowest BCUT2D eigenvalue weighted by Gasteiger charge is -2.19. The molecule has 1 N–H and O–H groups in total. The van der Waals surface area contributed by atoms with Crippen LogP contribution in [-0.2, 0) is 4.79 Å². The molecule has 0 aliphatic carbocycles. The van der Waals surface area contributed by atoms with Crippen LogP contribution < -0.4 is 10.1 Å². The lowest BCUT2D eigenvalue weighted by atomic mass is 10.1. The molecule has 0 heterocycles. The molecular weight excluding hydrogens is 305 g/mol. The average Bonchev–Trinajstić information content (AvgIpc) is 2.49. The molecule has 0 unspecified atom stereocenters. The third kappa shape index (κ3) is 3.98. The number of carbonyl (C=O) groups is 1. The second kappa shape index (κ2) is 7.27. The molecule has 5 heteroatoms. The minimum Gasteiger partial charge on any atom is -0.479 e. The van der Waals surface area contributed by atoms with Crippen molar-refractivity contribution in [2.24, 2.45) is 0 Å². The first-order valence-corrected chi connectivity index (χ1v) is 7.33. The largest absolute Gasteiger partial charge is 0.479 e. The Morgan fingerprint density at radius 2 is 1.77 bits per heavy atom. The Balaban J connectivity index is 2.00. The van der Waals surface area contributed by atoms with E-state index < -0.39 is 12.1 Å². The van der Waals surface area contributed by atoms with Crippen molar-refractivity contribution < 1.29 is 13.9 Å². The number of ether oxygens (including phenoxy) is 1. The summed E-state index contributed by atoms with van der Waals surface area (Å²) in [5.41, 5.74) is 0.431. The molecule has 2 atom stereocenters. The summed E-state index contributed by atoms with van der Waals surface area (Å²) in [5.74, 6) is -0.254. The predicted molar refractivity (Wildman–Crippen MR) is 84.5 cm³/mol. The fourth-order valence-electron chi connectivity index (χ4n) is 2.02. The first-order chi connectivity index (χ1) is 10.5. The average molecular weight is 322 g/mol. The van der Waals surface area contributed by atoms with E-state index in [0.29, 0.717) is 16.3 Å². The van der Waals surface area contributed by atoms with Gasteiger partial charge in [0.15, 0.2) is 6.10 Å². The molecule has 116 valence electrons. The Morgan fingerprint density at radius 1 is 1.14 bits per heavy atom. The van der Waals surface area contributed by atoms with Gasteiger partial charge in [-0.05, 0) is 32.0 Å². The highest BCUT2D eigenvalue weighted by atomic mass is 35.5. The summed E-state index contributed by atoms with van der Waals surface area (Å²) in [6.45, 7) is 3.34. The Morgan fingerprint density at radius 3 is 2.45 bits per heavy atom. The number of hydrogen-bond acceptors (Lipinski definition) is 2. The van der Waals surface area contributed by atoms with E-state index in [1.165, 1.54) is 6.07 Å². The van der Waals surface area contributed by atoms with Crippen LogP contribution in [0.3, 0.4) is 0 Å². The van der Waals surface area contributed by atoms with Crippen LogP contribution in [0.5, 0.6) is 5.75 Å². The van der Waals surface area contributed by atoms with Gasteiger partial charge >= 0.3 is 0 Å². The van der Waals surface area contributed by atoms with Crippen LogP contribution in [-0.4, -0.2) is 12.0 Å². The van der Waals surface area contributed by atoms with Crippen molar-refractivity contribution in [3.05, 3.63) is 64.9 Å². The zero-order valence-corrected chi connectivity index (χ0v) is 13.1. The van der Waals surface area contributed by atoms with Gasteiger partial charge in [-0.1, -0.05) is 41.9 Å². The fourth-order valence-corrected chi connectivity index (χ4v) is 2.20. The molecule has 0 saturated heterocycles. The molecule has 2 rings (SSSR count). The Bertz CT molecular complexity index is 663. The molecule has 0 spiro atoms. The quantitative estimate of drug-likeness (QED) is 0.899. The van der Waals surface area contributed by atoms with E-state index in [9.17, 15) is 9.18 Å². The van der Waals surface area contributed by atoms with E-state index in [1.807, 2.05) is 0 Å². The molecular formula is C17H17ClFNO2. The number of carbonyl (C=O) groups excluding carboxylic acids is 1. The minimum atomic E-state index is -0.742. The van der Waals surface area contributed by atoms with Crippen LogP contribution in [0.15, 0.2) is 48.5 Å². The van der Waals surface area contributed by atoms with E-state index in [2.05, 4.69) is 5.32 Å². The predicted octanol–water partition coefficient (Wildman–Crippen LogP) is 4.12. The van der Waals surface area contributed by atoms with Gasteiger partial charge in [-0.3, -0.25) is 4.79 Å². The number of para-hydroxylation sites is 1. The Kier molecular flexibility index (Phi) is 5.39. The summed E-state index contributed by atoms with van der Waals surface area (Å²) >= 11 is 5.99. The number of rotatable bonds is 5. The maximum atomic E-state index is 13.7. The maximum Gasteiger partial charge on any atom is 0.261 e. The van der Waals surface area contributed by atoms with Crippen molar-refractivity contribution in [3.63, 3.8) is 0 Å². The normalized spacial score (nSPS) is 13.3. The lowest BCUT2D eigenvalue weighted by Crippen LogP contribution is -2.38. The van der Waals surface area contributed by atoms with Gasteiger partial charge in [0.25, 0.3) is 5.91 Å². The highest BCUT2D eigenvalue weighted by Crippen LogP contribution is 2.24. The van der Waals surface area contributed by atoms with Gasteiger partial charge in [-0.25, -0.2) is 4.39 Å². The maximum absolute atomic E-state index is 13.7. The van der Waals surface area contributed by atoms with Crippen molar-refractivity contribution in [3.8, 4) is 5.75 Å². The second-order valence-electron chi connectivity index (χ2n) is 4.94. The number of nitrogens with one attached hydrogen (secondary N) is 1. The molecule has 0 radical (unpaired) electrons. The molecule has 0 saturated carbocycles. The zero-order chi connectivity index (χ0) is 16.1. The van der Waals surface area contributed by atoms with Gasteiger partial charge in [0, 0.05) is 5.56 Å². The second-order valence-corrected chi connectivity index (χ2v) is 5.35. The van der Waals surface area contributed by atoms with E-state index in [-0.39, 0.29) is 11.7 Å². The molecule has 0 bridgehead atoms. The molecule has 2 aromatic rings. The SMILES string of the molecule is C[C@H](NC(=O)[C@@H](C)Oc1ccccc1Cl)c1ccccc1F. The highest BCUT2D eigenvalue weighted by molar-refractivity contribution is 6.32. The Labute approximate surface area is 134 Å². The zero-order valence-electron chi connectivity index (χ0n) is 12.3. The van der Waals surface area contributed by atoms with Crippen molar-refractivity contribution >= 4 is 17.5 Å². The van der Waals surface area contributed by atoms with Crippen molar-refractivity contribution in [2.45, 2.75) is 26.0 Å². The van der Waals surface area contributed by atoms with Crippen LogP contribution >= 0.6 is 11.6 Å². The van der Waals surface area contributed by atoms with Crippen LogP contribution in [0.1, 0.15) is 25.5 Å². The summed E-state index contributed by atoms with van der Waals surface area (Å²) in [6, 6.07) is 12.8. The van der Waals surface area contributed by atoms with Gasteiger partial charge in [0.1, 0.15) is 11.6 Å². The number of hydrogen-bond donors (Lipinski definition) is 1. The summed E-state index contributed by atoms with van der Waals surface area (Å²) in [4.78, 5) is 12.2. The molecule has 0 aliphatic rings. The molecule has 1 amide bonds. The van der Waals surface area contributed by atoms with Crippen LogP contribution in [0.25, 0.3) is 0 Å².